The van der Waals surface area contributed by atoms with Crippen LogP contribution in [-0.2, 0) is 21.2 Å². The Balaban J connectivity index is 1.64. The second kappa shape index (κ2) is 8.59. The Morgan fingerprint density at radius 1 is 1.21 bits per heavy atom. The Morgan fingerprint density at radius 2 is 1.96 bits per heavy atom. The molecule has 3 rings (SSSR count). The predicted molar refractivity (Wildman–Crippen MR) is 110 cm³/mol. The minimum Gasteiger partial charge on any atom is -0.301 e. The summed E-state index contributed by atoms with van der Waals surface area (Å²) in [7, 11) is -2.43. The number of amides is 1. The number of rotatable bonds is 7. The fraction of sp³-hybridized carbons (Fsp3) is 0.211. The number of carbonyl (C=O) groups is 1. The van der Waals surface area contributed by atoms with E-state index in [1.165, 1.54) is 48.5 Å². The maximum atomic E-state index is 12.5. The van der Waals surface area contributed by atoms with Gasteiger partial charge >= 0.3 is 0 Å². The molecule has 2 heterocycles. The van der Waals surface area contributed by atoms with Crippen LogP contribution in [0.25, 0.3) is 11.3 Å². The standard InChI is InChI=1S/C19H20N4O3S2/c1-3-14-6-8-15(9-7-14)17-13-27-19(21-17)22-18(24)12-23(2)28(25,26)16-5-4-10-20-11-16/h4-11,13H,3,12H2,1-2H3,(H,21,22,24). The quantitative estimate of drug-likeness (QED) is 0.639. The molecule has 0 saturated heterocycles. The molecule has 146 valence electrons. The van der Waals surface area contributed by atoms with E-state index >= 15 is 0 Å². The molecule has 3 aromatic rings. The van der Waals surface area contributed by atoms with E-state index in [2.05, 4.69) is 22.2 Å². The Hall–Kier alpha value is -2.62. The smallest absolute Gasteiger partial charge is 0.244 e. The van der Waals surface area contributed by atoms with Gasteiger partial charge in [-0.25, -0.2) is 13.4 Å². The van der Waals surface area contributed by atoms with Gasteiger partial charge in [0.1, 0.15) is 4.90 Å². The second-order valence-corrected chi connectivity index (χ2v) is 8.99. The molecule has 7 nitrogen and oxygen atoms in total. The van der Waals surface area contributed by atoms with Crippen molar-refractivity contribution in [1.82, 2.24) is 14.3 Å². The summed E-state index contributed by atoms with van der Waals surface area (Å²) in [5, 5.41) is 4.93. The summed E-state index contributed by atoms with van der Waals surface area (Å²) < 4.78 is 25.9. The molecular formula is C19H20N4O3S2. The van der Waals surface area contributed by atoms with E-state index in [1.54, 1.807) is 0 Å². The lowest BCUT2D eigenvalue weighted by Gasteiger charge is -2.16. The Morgan fingerprint density at radius 3 is 2.61 bits per heavy atom. The summed E-state index contributed by atoms with van der Waals surface area (Å²) in [6.07, 6.45) is 3.70. The van der Waals surface area contributed by atoms with Gasteiger partial charge in [0.05, 0.1) is 12.2 Å². The zero-order chi connectivity index (χ0) is 20.1. The van der Waals surface area contributed by atoms with Crippen molar-refractivity contribution in [2.75, 3.05) is 18.9 Å². The molecule has 9 heteroatoms. The average Bonchev–Trinajstić information content (AvgIpc) is 3.17. The maximum absolute atomic E-state index is 12.5. The first-order chi connectivity index (χ1) is 13.4. The Bertz CT molecular complexity index is 1050. The van der Waals surface area contributed by atoms with Crippen LogP contribution < -0.4 is 5.32 Å². The number of thiazole rings is 1. The van der Waals surface area contributed by atoms with Crippen molar-refractivity contribution < 1.29 is 13.2 Å². The predicted octanol–water partition coefficient (Wildman–Crippen LogP) is 3.03. The van der Waals surface area contributed by atoms with Crippen molar-refractivity contribution in [3.8, 4) is 11.3 Å². The molecule has 0 aliphatic carbocycles. The van der Waals surface area contributed by atoms with Crippen LogP contribution in [0.5, 0.6) is 0 Å². The summed E-state index contributed by atoms with van der Waals surface area (Å²) in [6.45, 7) is 1.77. The molecule has 2 aromatic heterocycles. The first-order valence-electron chi connectivity index (χ1n) is 8.61. The zero-order valence-electron chi connectivity index (χ0n) is 15.5. The fourth-order valence-corrected chi connectivity index (χ4v) is 4.33. The van der Waals surface area contributed by atoms with Gasteiger partial charge in [-0.15, -0.1) is 11.3 Å². The van der Waals surface area contributed by atoms with Crippen molar-refractivity contribution in [1.29, 1.82) is 0 Å². The molecule has 0 atom stereocenters. The first-order valence-corrected chi connectivity index (χ1v) is 10.9. The number of anilines is 1. The highest BCUT2D eigenvalue weighted by Crippen LogP contribution is 2.25. The van der Waals surface area contributed by atoms with E-state index in [9.17, 15) is 13.2 Å². The first kappa shape index (κ1) is 20.1. The lowest BCUT2D eigenvalue weighted by molar-refractivity contribution is -0.116. The SMILES string of the molecule is CCc1ccc(-c2csc(NC(=O)CN(C)S(=O)(=O)c3cccnc3)n2)cc1. The van der Waals surface area contributed by atoms with Crippen molar-refractivity contribution in [3.05, 3.63) is 59.7 Å². The Labute approximate surface area is 168 Å². The summed E-state index contributed by atoms with van der Waals surface area (Å²) in [4.78, 5) is 20.5. The van der Waals surface area contributed by atoms with E-state index in [1.807, 2.05) is 29.6 Å². The van der Waals surface area contributed by atoms with E-state index < -0.39 is 15.9 Å². The number of aryl methyl sites for hydroxylation is 1. The number of sulfonamides is 1. The van der Waals surface area contributed by atoms with E-state index in [0.29, 0.717) is 5.13 Å². The van der Waals surface area contributed by atoms with Crippen LogP contribution in [0.15, 0.2) is 59.1 Å². The van der Waals surface area contributed by atoms with Crippen LogP contribution in [0, 0.1) is 0 Å². The molecule has 0 bridgehead atoms. The molecule has 28 heavy (non-hydrogen) atoms. The average molecular weight is 417 g/mol. The number of carbonyl (C=O) groups excluding carboxylic acids is 1. The lowest BCUT2D eigenvalue weighted by atomic mass is 10.1. The van der Waals surface area contributed by atoms with Gasteiger partial charge in [0.15, 0.2) is 5.13 Å². The van der Waals surface area contributed by atoms with Gasteiger partial charge in [-0.3, -0.25) is 9.78 Å². The molecule has 0 radical (unpaired) electrons. The van der Waals surface area contributed by atoms with Gasteiger partial charge in [0.2, 0.25) is 15.9 Å². The molecule has 0 aliphatic heterocycles. The van der Waals surface area contributed by atoms with E-state index in [0.717, 1.165) is 22.0 Å². The van der Waals surface area contributed by atoms with Crippen LogP contribution in [-0.4, -0.2) is 42.2 Å². The number of benzene rings is 1. The Kier molecular flexibility index (Phi) is 6.18. The highest BCUT2D eigenvalue weighted by atomic mass is 32.2. The highest BCUT2D eigenvalue weighted by molar-refractivity contribution is 7.89. The summed E-state index contributed by atoms with van der Waals surface area (Å²) >= 11 is 1.29. The van der Waals surface area contributed by atoms with Crippen molar-refractivity contribution >= 4 is 32.4 Å². The number of aromatic nitrogens is 2. The topological polar surface area (TPSA) is 92.3 Å². The van der Waals surface area contributed by atoms with Crippen molar-refractivity contribution in [2.45, 2.75) is 18.2 Å². The normalized spacial score (nSPS) is 11.5. The largest absolute Gasteiger partial charge is 0.301 e. The van der Waals surface area contributed by atoms with Crippen molar-refractivity contribution in [2.24, 2.45) is 0 Å². The number of pyridine rings is 1. The third-order valence-corrected chi connectivity index (χ3v) is 6.66. The van der Waals surface area contributed by atoms with Gasteiger partial charge < -0.3 is 5.32 Å². The van der Waals surface area contributed by atoms with Crippen LogP contribution in [0.3, 0.4) is 0 Å². The van der Waals surface area contributed by atoms with Gasteiger partial charge in [0.25, 0.3) is 0 Å². The minimum atomic E-state index is -3.78. The van der Waals surface area contributed by atoms with Gasteiger partial charge in [-0.05, 0) is 24.1 Å². The van der Waals surface area contributed by atoms with Gasteiger partial charge in [0, 0.05) is 30.4 Å². The monoisotopic (exact) mass is 416 g/mol. The number of nitrogens with one attached hydrogen (secondary N) is 1. The van der Waals surface area contributed by atoms with Crippen molar-refractivity contribution in [3.63, 3.8) is 0 Å². The maximum Gasteiger partial charge on any atom is 0.244 e. The molecule has 1 N–H and O–H groups in total. The molecule has 0 aliphatic rings. The van der Waals surface area contributed by atoms with Gasteiger partial charge in [-0.1, -0.05) is 31.2 Å². The molecule has 1 aromatic carbocycles. The number of hydrogen-bond acceptors (Lipinski definition) is 6. The third kappa shape index (κ3) is 4.61. The fourth-order valence-electron chi connectivity index (χ4n) is 2.50. The minimum absolute atomic E-state index is 0.0392. The summed E-state index contributed by atoms with van der Waals surface area (Å²) in [6, 6.07) is 11.1. The molecule has 0 unspecified atom stereocenters. The lowest BCUT2D eigenvalue weighted by Crippen LogP contribution is -2.35. The zero-order valence-corrected chi connectivity index (χ0v) is 17.1. The summed E-state index contributed by atoms with van der Waals surface area (Å²) in [5.41, 5.74) is 2.97. The number of likely N-dealkylation sites (N-methyl/N-ethyl adjacent to an activating group) is 1. The molecular weight excluding hydrogens is 396 g/mol. The van der Waals surface area contributed by atoms with Crippen LogP contribution in [0.1, 0.15) is 12.5 Å². The molecule has 0 fully saturated rings. The molecule has 0 spiro atoms. The molecule has 1 amide bonds. The second-order valence-electron chi connectivity index (χ2n) is 6.09. The summed E-state index contributed by atoms with van der Waals surface area (Å²) in [5.74, 6) is -0.461. The van der Waals surface area contributed by atoms with E-state index in [4.69, 9.17) is 0 Å². The van der Waals surface area contributed by atoms with Crippen LogP contribution in [0.2, 0.25) is 0 Å². The third-order valence-electron chi connectivity index (χ3n) is 4.12. The molecule has 0 saturated carbocycles. The highest BCUT2D eigenvalue weighted by Gasteiger charge is 2.23. The van der Waals surface area contributed by atoms with E-state index in [-0.39, 0.29) is 11.4 Å². The number of nitrogens with zero attached hydrogens (tertiary/aromatic N) is 3. The number of hydrogen-bond donors (Lipinski definition) is 1. The van der Waals surface area contributed by atoms with Crippen LogP contribution >= 0.6 is 11.3 Å². The van der Waals surface area contributed by atoms with Crippen LogP contribution in [0.4, 0.5) is 5.13 Å². The van der Waals surface area contributed by atoms with Gasteiger partial charge in [-0.2, -0.15) is 4.31 Å².